The van der Waals surface area contributed by atoms with E-state index in [1.807, 2.05) is 25.1 Å². The number of hydrogen-bond donors (Lipinski definition) is 2. The molecule has 2 aromatic rings. The molecule has 1 aromatic carbocycles. The summed E-state index contributed by atoms with van der Waals surface area (Å²) in [7, 11) is 1.66. The van der Waals surface area contributed by atoms with E-state index in [-0.39, 0.29) is 0 Å². The van der Waals surface area contributed by atoms with Gasteiger partial charge in [0.05, 0.1) is 17.3 Å². The molecule has 3 rings (SSSR count). The van der Waals surface area contributed by atoms with E-state index in [9.17, 15) is 0 Å². The lowest BCUT2D eigenvalue weighted by molar-refractivity contribution is 0.412. The Kier molecular flexibility index (Phi) is 3.41. The van der Waals surface area contributed by atoms with Crippen LogP contribution >= 0.6 is 15.9 Å². The number of halogens is 1. The van der Waals surface area contributed by atoms with E-state index in [1.54, 1.807) is 7.11 Å². The van der Waals surface area contributed by atoms with Crippen molar-refractivity contribution in [2.75, 3.05) is 18.6 Å². The largest absolute Gasteiger partial charge is 0.495 e. The number of anilines is 2. The Labute approximate surface area is 131 Å². The van der Waals surface area contributed by atoms with Crippen molar-refractivity contribution < 1.29 is 4.74 Å². The van der Waals surface area contributed by atoms with E-state index < -0.39 is 0 Å². The van der Waals surface area contributed by atoms with E-state index in [0.29, 0.717) is 6.54 Å². The predicted octanol–water partition coefficient (Wildman–Crippen LogP) is 3.25. The number of fused-ring (bicyclic) bond motifs is 1. The molecule has 0 radical (unpaired) electrons. The first-order valence-corrected chi connectivity index (χ1v) is 7.45. The van der Waals surface area contributed by atoms with Gasteiger partial charge in [-0.1, -0.05) is 0 Å². The molecule has 0 spiro atoms. The Bertz CT molecular complexity index is 736. The lowest BCUT2D eigenvalue weighted by Crippen LogP contribution is -2.24. The van der Waals surface area contributed by atoms with E-state index >= 15 is 0 Å². The van der Waals surface area contributed by atoms with E-state index in [1.165, 1.54) is 0 Å². The predicted molar refractivity (Wildman–Crippen MR) is 87.9 cm³/mol. The Morgan fingerprint density at radius 1 is 1.38 bits per heavy atom. The molecule has 1 aromatic heterocycles. The average molecular weight is 349 g/mol. The quantitative estimate of drug-likeness (QED) is 0.874. The smallest absolute Gasteiger partial charge is 0.158 e. The molecule has 2 heterocycles. The summed E-state index contributed by atoms with van der Waals surface area (Å²) in [5, 5.41) is 7.45. The van der Waals surface area contributed by atoms with Crippen LogP contribution in [0.15, 0.2) is 22.7 Å². The summed E-state index contributed by atoms with van der Waals surface area (Å²) in [6.45, 7) is 4.77. The van der Waals surface area contributed by atoms with Crippen LogP contribution in [0.2, 0.25) is 0 Å². The summed E-state index contributed by atoms with van der Waals surface area (Å²) in [5.74, 6) is 1.69. The topological polar surface area (TPSA) is 67.2 Å². The minimum Gasteiger partial charge on any atom is -0.495 e. The van der Waals surface area contributed by atoms with Gasteiger partial charge in [0, 0.05) is 35.1 Å². The third-order valence-corrected chi connectivity index (χ3v) is 4.47. The van der Waals surface area contributed by atoms with Crippen LogP contribution in [0.1, 0.15) is 16.8 Å². The molecule has 5 nitrogen and oxygen atoms in total. The van der Waals surface area contributed by atoms with Gasteiger partial charge in [-0.15, -0.1) is 0 Å². The molecule has 0 unspecified atom stereocenters. The zero-order chi connectivity index (χ0) is 15.1. The van der Waals surface area contributed by atoms with Gasteiger partial charge in [-0.2, -0.15) is 5.10 Å². The van der Waals surface area contributed by atoms with Gasteiger partial charge in [-0.05, 0) is 41.9 Å². The molecule has 6 heteroatoms. The van der Waals surface area contributed by atoms with E-state index in [2.05, 4.69) is 38.0 Å². The van der Waals surface area contributed by atoms with Crippen molar-refractivity contribution in [2.24, 2.45) is 5.73 Å². The number of aryl methyl sites for hydroxylation is 1. The first-order valence-electron chi connectivity index (χ1n) is 6.65. The van der Waals surface area contributed by atoms with Gasteiger partial charge in [-0.25, -0.2) is 0 Å². The van der Waals surface area contributed by atoms with Crippen LogP contribution in [0.4, 0.5) is 11.5 Å². The van der Waals surface area contributed by atoms with E-state index in [0.717, 1.165) is 44.2 Å². The van der Waals surface area contributed by atoms with Crippen LogP contribution in [0.25, 0.3) is 5.70 Å². The second-order valence-corrected chi connectivity index (χ2v) is 5.93. The SMILES string of the molecule is COc1cc2c(cc1Br)C(N)=CCN2c1n[nH]c(C)c1C. The second-order valence-electron chi connectivity index (χ2n) is 5.07. The van der Waals surface area contributed by atoms with Crippen LogP contribution in [-0.2, 0) is 0 Å². The molecule has 0 amide bonds. The zero-order valence-corrected chi connectivity index (χ0v) is 13.8. The highest BCUT2D eigenvalue weighted by Gasteiger charge is 2.24. The van der Waals surface area contributed by atoms with Crippen molar-refractivity contribution in [1.29, 1.82) is 0 Å². The summed E-state index contributed by atoms with van der Waals surface area (Å²) in [6.07, 6.45) is 2.00. The summed E-state index contributed by atoms with van der Waals surface area (Å²) in [4.78, 5) is 2.14. The highest BCUT2D eigenvalue weighted by atomic mass is 79.9. The molecule has 0 bridgehead atoms. The molecule has 0 saturated heterocycles. The molecule has 21 heavy (non-hydrogen) atoms. The number of ether oxygens (including phenoxy) is 1. The molecule has 1 aliphatic heterocycles. The Morgan fingerprint density at radius 2 is 2.14 bits per heavy atom. The second kappa shape index (κ2) is 5.11. The molecule has 3 N–H and O–H groups in total. The van der Waals surface area contributed by atoms with E-state index in [4.69, 9.17) is 10.5 Å². The number of nitrogens with zero attached hydrogens (tertiary/aromatic N) is 2. The standard InChI is InChI=1S/C15H17BrN4O/c1-8-9(2)18-19-15(8)20-5-4-12(17)10-6-11(16)14(21-3)7-13(10)20/h4,6-7H,5,17H2,1-3H3,(H,18,19). The molecule has 110 valence electrons. The van der Waals surface area contributed by atoms with Gasteiger partial charge in [0.2, 0.25) is 0 Å². The summed E-state index contributed by atoms with van der Waals surface area (Å²) < 4.78 is 6.29. The lowest BCUT2D eigenvalue weighted by atomic mass is 10.0. The van der Waals surface area contributed by atoms with Gasteiger partial charge in [0.25, 0.3) is 0 Å². The van der Waals surface area contributed by atoms with Gasteiger partial charge in [-0.3, -0.25) is 5.10 Å². The monoisotopic (exact) mass is 348 g/mol. The van der Waals surface area contributed by atoms with Gasteiger partial charge in [0.15, 0.2) is 5.82 Å². The van der Waals surface area contributed by atoms with Crippen molar-refractivity contribution in [1.82, 2.24) is 10.2 Å². The highest BCUT2D eigenvalue weighted by Crippen LogP contribution is 2.41. The minimum absolute atomic E-state index is 0.689. The van der Waals surface area contributed by atoms with Crippen LogP contribution in [0.3, 0.4) is 0 Å². The highest BCUT2D eigenvalue weighted by molar-refractivity contribution is 9.10. The van der Waals surface area contributed by atoms with Gasteiger partial charge < -0.3 is 15.4 Å². The van der Waals surface area contributed by atoms with Crippen molar-refractivity contribution >= 4 is 33.1 Å². The normalized spacial score (nSPS) is 13.9. The number of methoxy groups -OCH3 is 1. The number of aromatic nitrogens is 2. The number of aromatic amines is 1. The average Bonchev–Trinajstić information content (AvgIpc) is 2.80. The van der Waals surface area contributed by atoms with Crippen molar-refractivity contribution in [2.45, 2.75) is 13.8 Å². The maximum Gasteiger partial charge on any atom is 0.158 e. The van der Waals surface area contributed by atoms with Crippen LogP contribution in [0, 0.1) is 13.8 Å². The van der Waals surface area contributed by atoms with Crippen molar-refractivity contribution in [3.05, 3.63) is 39.5 Å². The molecule has 0 aliphatic carbocycles. The molecule has 1 aliphatic rings. The zero-order valence-electron chi connectivity index (χ0n) is 12.2. The first kappa shape index (κ1) is 14.0. The first-order chi connectivity index (χ1) is 10.0. The Balaban J connectivity index is 2.18. The lowest BCUT2D eigenvalue weighted by Gasteiger charge is -2.29. The molecule has 0 saturated carbocycles. The summed E-state index contributed by atoms with van der Waals surface area (Å²) in [6, 6.07) is 3.98. The fourth-order valence-electron chi connectivity index (χ4n) is 2.49. The maximum absolute atomic E-state index is 6.13. The molecule has 0 atom stereocenters. The third-order valence-electron chi connectivity index (χ3n) is 3.85. The van der Waals surface area contributed by atoms with Gasteiger partial charge in [0.1, 0.15) is 5.75 Å². The minimum atomic E-state index is 0.689. The fourth-order valence-corrected chi connectivity index (χ4v) is 2.99. The molecular formula is C15H17BrN4O. The van der Waals surface area contributed by atoms with Crippen LogP contribution in [0.5, 0.6) is 5.75 Å². The van der Waals surface area contributed by atoms with Crippen molar-refractivity contribution in [3.8, 4) is 5.75 Å². The number of rotatable bonds is 2. The van der Waals surface area contributed by atoms with Crippen LogP contribution in [-0.4, -0.2) is 23.9 Å². The summed E-state index contributed by atoms with van der Waals surface area (Å²) >= 11 is 3.51. The summed E-state index contributed by atoms with van der Waals surface area (Å²) in [5.41, 5.74) is 11.1. The van der Waals surface area contributed by atoms with Crippen molar-refractivity contribution in [3.63, 3.8) is 0 Å². The maximum atomic E-state index is 6.13. The number of H-pyrrole nitrogens is 1. The Hall–Kier alpha value is -1.95. The molecule has 0 fully saturated rings. The van der Waals surface area contributed by atoms with Crippen LogP contribution < -0.4 is 15.4 Å². The Morgan fingerprint density at radius 3 is 2.76 bits per heavy atom. The number of hydrogen-bond acceptors (Lipinski definition) is 4. The number of nitrogens with one attached hydrogen (secondary N) is 1. The third kappa shape index (κ3) is 2.19. The number of benzene rings is 1. The number of nitrogens with two attached hydrogens (primary N) is 1. The fraction of sp³-hybridized carbons (Fsp3) is 0.267. The molecular weight excluding hydrogens is 332 g/mol. The van der Waals surface area contributed by atoms with Gasteiger partial charge >= 0.3 is 0 Å².